The van der Waals surface area contributed by atoms with Crippen LogP contribution in [-0.2, 0) is 10.0 Å². The van der Waals surface area contributed by atoms with E-state index in [0.29, 0.717) is 6.54 Å². The smallest absolute Gasteiger partial charge is 0.240 e. The van der Waals surface area contributed by atoms with Gasteiger partial charge in [-0.15, -0.1) is 0 Å². The lowest BCUT2D eigenvalue weighted by Crippen LogP contribution is -2.25. The summed E-state index contributed by atoms with van der Waals surface area (Å²) in [5.74, 6) is -0.648. The number of anilines is 1. The number of unbranched alkanes of at least 4 members (excludes halogenated alkanes) is 5. The first-order valence-electron chi connectivity index (χ1n) is 7.01. The highest BCUT2D eigenvalue weighted by molar-refractivity contribution is 7.89. The molecule has 0 heterocycles. The lowest BCUT2D eigenvalue weighted by Gasteiger charge is -2.07. The number of nitrogens with one attached hydrogen (secondary N) is 1. The maximum absolute atomic E-state index is 13.1. The largest absolute Gasteiger partial charge is 0.399 e. The second-order valence-corrected chi connectivity index (χ2v) is 6.65. The van der Waals surface area contributed by atoms with Crippen LogP contribution in [0.15, 0.2) is 23.1 Å². The van der Waals surface area contributed by atoms with Crippen molar-refractivity contribution in [3.63, 3.8) is 0 Å². The third-order valence-electron chi connectivity index (χ3n) is 3.03. The van der Waals surface area contributed by atoms with Gasteiger partial charge in [0, 0.05) is 12.2 Å². The average molecular weight is 302 g/mol. The Balaban J connectivity index is 2.42. The van der Waals surface area contributed by atoms with Crippen molar-refractivity contribution in [2.45, 2.75) is 50.3 Å². The summed E-state index contributed by atoms with van der Waals surface area (Å²) in [6.45, 7) is 2.52. The molecule has 0 aliphatic rings. The molecule has 0 amide bonds. The fourth-order valence-electron chi connectivity index (χ4n) is 1.93. The predicted octanol–water partition coefficient (Wildman–Crippen LogP) is 3.05. The van der Waals surface area contributed by atoms with Crippen molar-refractivity contribution in [2.75, 3.05) is 12.3 Å². The molecule has 0 aliphatic heterocycles. The summed E-state index contributed by atoms with van der Waals surface area (Å²) in [7, 11) is -3.67. The van der Waals surface area contributed by atoms with E-state index >= 15 is 0 Å². The van der Waals surface area contributed by atoms with Gasteiger partial charge in [-0.25, -0.2) is 17.5 Å². The molecule has 20 heavy (non-hydrogen) atoms. The molecule has 114 valence electrons. The Morgan fingerprint density at radius 1 is 1.10 bits per heavy atom. The van der Waals surface area contributed by atoms with Gasteiger partial charge in [0.25, 0.3) is 0 Å². The van der Waals surface area contributed by atoms with E-state index in [4.69, 9.17) is 5.73 Å². The zero-order valence-corrected chi connectivity index (χ0v) is 12.7. The number of hydrogen-bond acceptors (Lipinski definition) is 3. The highest BCUT2D eigenvalue weighted by Crippen LogP contribution is 2.15. The van der Waals surface area contributed by atoms with Crippen molar-refractivity contribution < 1.29 is 12.8 Å². The number of hydrogen-bond donors (Lipinski definition) is 2. The Kier molecular flexibility index (Phi) is 6.95. The van der Waals surface area contributed by atoms with Gasteiger partial charge in [0.05, 0.1) is 4.90 Å². The van der Waals surface area contributed by atoms with Crippen LogP contribution in [0.4, 0.5) is 10.1 Å². The summed E-state index contributed by atoms with van der Waals surface area (Å²) in [4.78, 5) is -0.124. The van der Waals surface area contributed by atoms with Crippen molar-refractivity contribution in [2.24, 2.45) is 0 Å². The fourth-order valence-corrected chi connectivity index (χ4v) is 3.07. The molecule has 0 aliphatic carbocycles. The SMILES string of the molecule is CCCCCCCCNS(=O)(=O)c1cc(N)cc(F)c1. The molecule has 0 saturated carbocycles. The van der Waals surface area contributed by atoms with Crippen LogP contribution in [0.1, 0.15) is 45.4 Å². The van der Waals surface area contributed by atoms with Crippen LogP contribution in [0.3, 0.4) is 0 Å². The first-order valence-corrected chi connectivity index (χ1v) is 8.50. The van der Waals surface area contributed by atoms with Gasteiger partial charge in [0.2, 0.25) is 10.0 Å². The van der Waals surface area contributed by atoms with Gasteiger partial charge in [-0.3, -0.25) is 0 Å². The van der Waals surface area contributed by atoms with Crippen LogP contribution in [0.2, 0.25) is 0 Å². The molecule has 0 bridgehead atoms. The molecule has 0 saturated heterocycles. The molecule has 4 nitrogen and oxygen atoms in total. The van der Waals surface area contributed by atoms with Gasteiger partial charge in [0.15, 0.2) is 0 Å². The standard InChI is InChI=1S/C14H23FN2O2S/c1-2-3-4-5-6-7-8-17-20(18,19)14-10-12(15)9-13(16)11-14/h9-11,17H,2-8,16H2,1H3. The van der Waals surface area contributed by atoms with Crippen molar-refractivity contribution in [1.82, 2.24) is 4.72 Å². The number of nitrogens with two attached hydrogens (primary N) is 1. The molecule has 0 spiro atoms. The molecule has 6 heteroatoms. The Bertz CT molecular complexity index is 498. The van der Waals surface area contributed by atoms with Crippen LogP contribution in [0.25, 0.3) is 0 Å². The van der Waals surface area contributed by atoms with Gasteiger partial charge in [-0.1, -0.05) is 39.0 Å². The van der Waals surface area contributed by atoms with Crippen molar-refractivity contribution >= 4 is 15.7 Å². The Hall–Kier alpha value is -1.14. The maximum atomic E-state index is 13.1. The molecular weight excluding hydrogens is 279 g/mol. The summed E-state index contributed by atoms with van der Waals surface area (Å²) in [6.07, 6.45) is 6.48. The lowest BCUT2D eigenvalue weighted by atomic mass is 10.1. The molecule has 3 N–H and O–H groups in total. The first kappa shape index (κ1) is 16.9. The second kappa shape index (κ2) is 8.21. The molecular formula is C14H23FN2O2S. The van der Waals surface area contributed by atoms with Gasteiger partial charge in [-0.05, 0) is 24.6 Å². The highest BCUT2D eigenvalue weighted by Gasteiger charge is 2.14. The first-order chi connectivity index (χ1) is 9.45. The van der Waals surface area contributed by atoms with E-state index in [1.807, 2.05) is 0 Å². The molecule has 0 aromatic heterocycles. The van der Waals surface area contributed by atoms with Crippen LogP contribution in [-0.4, -0.2) is 15.0 Å². The van der Waals surface area contributed by atoms with E-state index < -0.39 is 15.8 Å². The summed E-state index contributed by atoms with van der Waals surface area (Å²) in [5, 5.41) is 0. The summed E-state index contributed by atoms with van der Waals surface area (Å²) < 4.78 is 39.5. The predicted molar refractivity (Wildman–Crippen MR) is 79.4 cm³/mol. The van der Waals surface area contributed by atoms with Gasteiger partial charge in [-0.2, -0.15) is 0 Å². The summed E-state index contributed by atoms with van der Waals surface area (Å²) in [5.41, 5.74) is 5.55. The van der Waals surface area contributed by atoms with Crippen molar-refractivity contribution in [3.05, 3.63) is 24.0 Å². The third kappa shape index (κ3) is 5.88. The molecule has 1 aromatic rings. The van der Waals surface area contributed by atoms with Gasteiger partial charge in [0.1, 0.15) is 5.82 Å². The number of halogens is 1. The Morgan fingerprint density at radius 2 is 1.75 bits per heavy atom. The van der Waals surface area contributed by atoms with E-state index in [9.17, 15) is 12.8 Å². The van der Waals surface area contributed by atoms with E-state index in [0.717, 1.165) is 31.4 Å². The molecule has 0 fully saturated rings. The van der Waals surface area contributed by atoms with Crippen LogP contribution >= 0.6 is 0 Å². The minimum Gasteiger partial charge on any atom is -0.399 e. The van der Waals surface area contributed by atoms with E-state index in [2.05, 4.69) is 11.6 Å². The fraction of sp³-hybridized carbons (Fsp3) is 0.571. The third-order valence-corrected chi connectivity index (χ3v) is 4.47. The maximum Gasteiger partial charge on any atom is 0.240 e. The van der Waals surface area contributed by atoms with Crippen LogP contribution < -0.4 is 10.5 Å². The quantitative estimate of drug-likeness (QED) is 0.544. The van der Waals surface area contributed by atoms with Crippen molar-refractivity contribution in [1.29, 1.82) is 0 Å². The second-order valence-electron chi connectivity index (χ2n) is 4.89. The minimum atomic E-state index is -3.67. The number of benzene rings is 1. The minimum absolute atomic E-state index is 0.102. The molecule has 0 radical (unpaired) electrons. The van der Waals surface area contributed by atoms with Gasteiger partial charge < -0.3 is 5.73 Å². The number of nitrogen functional groups attached to an aromatic ring is 1. The molecule has 1 aromatic carbocycles. The summed E-state index contributed by atoms with van der Waals surface area (Å²) in [6, 6.07) is 3.32. The number of rotatable bonds is 9. The summed E-state index contributed by atoms with van der Waals surface area (Å²) >= 11 is 0. The Labute approximate surface area is 120 Å². The topological polar surface area (TPSA) is 72.2 Å². The van der Waals surface area contributed by atoms with E-state index in [-0.39, 0.29) is 10.6 Å². The zero-order chi connectivity index (χ0) is 15.0. The molecule has 1 rings (SSSR count). The monoisotopic (exact) mass is 302 g/mol. The lowest BCUT2D eigenvalue weighted by molar-refractivity contribution is 0.565. The average Bonchev–Trinajstić information content (AvgIpc) is 2.36. The van der Waals surface area contributed by atoms with E-state index in [1.54, 1.807) is 0 Å². The normalized spacial score (nSPS) is 11.7. The van der Waals surface area contributed by atoms with E-state index in [1.165, 1.54) is 25.3 Å². The number of sulfonamides is 1. The van der Waals surface area contributed by atoms with Crippen LogP contribution in [0, 0.1) is 5.82 Å². The van der Waals surface area contributed by atoms with Crippen LogP contribution in [0.5, 0.6) is 0 Å². The zero-order valence-electron chi connectivity index (χ0n) is 11.9. The highest BCUT2D eigenvalue weighted by atomic mass is 32.2. The Morgan fingerprint density at radius 3 is 2.40 bits per heavy atom. The van der Waals surface area contributed by atoms with Gasteiger partial charge >= 0.3 is 0 Å². The molecule has 0 unspecified atom stereocenters. The van der Waals surface area contributed by atoms with Crippen molar-refractivity contribution in [3.8, 4) is 0 Å². The molecule has 0 atom stereocenters.